The zero-order valence-electron chi connectivity index (χ0n) is 12.9. The van der Waals surface area contributed by atoms with Gasteiger partial charge in [0.1, 0.15) is 12.4 Å². The van der Waals surface area contributed by atoms with E-state index in [4.69, 9.17) is 5.73 Å². The molecule has 3 rings (SSSR count). The maximum absolute atomic E-state index is 9.76. The summed E-state index contributed by atoms with van der Waals surface area (Å²) in [5.41, 5.74) is 6.58. The molecule has 7 heteroatoms. The molecule has 1 fully saturated rings. The Balaban J connectivity index is 0.000000174. The summed E-state index contributed by atoms with van der Waals surface area (Å²) < 4.78 is 4.54. The van der Waals surface area contributed by atoms with E-state index < -0.39 is 0 Å². The molecule has 0 aliphatic carbocycles. The molecule has 0 radical (unpaired) electrons. The van der Waals surface area contributed by atoms with Crippen molar-refractivity contribution in [1.82, 2.24) is 15.3 Å². The van der Waals surface area contributed by atoms with Crippen LogP contribution in [0.15, 0.2) is 42.6 Å². The second-order valence-corrected chi connectivity index (χ2v) is 4.91. The van der Waals surface area contributed by atoms with Crippen LogP contribution in [0.3, 0.4) is 0 Å². The molecule has 7 nitrogen and oxygen atoms in total. The van der Waals surface area contributed by atoms with E-state index in [1.165, 1.54) is 0 Å². The normalized spacial score (nSPS) is 13.7. The minimum atomic E-state index is 0.365. The number of nitrogens with two attached hydrogens (primary N) is 1. The number of piperazine rings is 1. The average molecular weight is 315 g/mol. The Bertz CT molecular complexity index is 588. The lowest BCUT2D eigenvalue weighted by Gasteiger charge is -2.27. The van der Waals surface area contributed by atoms with Crippen LogP contribution in [0.4, 0.5) is 11.8 Å². The van der Waals surface area contributed by atoms with Gasteiger partial charge in [0, 0.05) is 32.4 Å². The number of carbonyl (C=O) groups excluding carboxylic acids is 1. The maximum atomic E-state index is 9.76. The van der Waals surface area contributed by atoms with Crippen molar-refractivity contribution >= 4 is 18.2 Å². The summed E-state index contributed by atoms with van der Waals surface area (Å²) in [4.78, 5) is 20.2. The van der Waals surface area contributed by atoms with Crippen molar-refractivity contribution in [2.75, 3.05) is 36.8 Å². The standard InChI is InChI=1S/C8H13N5.C8H8O2/c9-7-1-2-11-8(12-7)13-5-3-10-4-6-13;9-7-10-6-8-4-2-1-3-5-8/h1-2,10H,3-6H2,(H2,9,11,12);1-5,7H,6H2. The lowest BCUT2D eigenvalue weighted by atomic mass is 10.2. The fourth-order valence-electron chi connectivity index (χ4n) is 2.08. The quantitative estimate of drug-likeness (QED) is 0.807. The minimum absolute atomic E-state index is 0.365. The highest BCUT2D eigenvalue weighted by Crippen LogP contribution is 2.08. The summed E-state index contributed by atoms with van der Waals surface area (Å²) in [6.45, 7) is 4.68. The molecule has 0 bridgehead atoms. The molecule has 3 N–H and O–H groups in total. The molecular formula is C16H21N5O2. The average Bonchev–Trinajstić information content (AvgIpc) is 2.62. The summed E-state index contributed by atoms with van der Waals surface area (Å²) in [7, 11) is 0. The number of nitrogen functional groups attached to an aromatic ring is 1. The molecule has 0 unspecified atom stereocenters. The second-order valence-electron chi connectivity index (χ2n) is 4.91. The maximum Gasteiger partial charge on any atom is 0.293 e. The van der Waals surface area contributed by atoms with Gasteiger partial charge in [0.05, 0.1) is 0 Å². The van der Waals surface area contributed by atoms with E-state index >= 15 is 0 Å². The Labute approximate surface area is 135 Å². The van der Waals surface area contributed by atoms with Gasteiger partial charge in [0.15, 0.2) is 0 Å². The summed E-state index contributed by atoms with van der Waals surface area (Å²) in [5, 5.41) is 3.27. The molecule has 2 aromatic rings. The molecule has 0 amide bonds. The summed E-state index contributed by atoms with van der Waals surface area (Å²) in [5.74, 6) is 1.27. The van der Waals surface area contributed by atoms with Gasteiger partial charge < -0.3 is 20.7 Å². The van der Waals surface area contributed by atoms with Crippen LogP contribution in [0.1, 0.15) is 5.56 Å². The molecule has 1 aromatic heterocycles. The first-order chi connectivity index (χ1) is 11.3. The Hall–Kier alpha value is -2.67. The fraction of sp³-hybridized carbons (Fsp3) is 0.312. The van der Waals surface area contributed by atoms with E-state index in [1.54, 1.807) is 12.3 Å². The number of anilines is 2. The van der Waals surface area contributed by atoms with Crippen molar-refractivity contribution in [3.63, 3.8) is 0 Å². The topological polar surface area (TPSA) is 93.4 Å². The highest BCUT2D eigenvalue weighted by Gasteiger charge is 2.12. The molecule has 2 heterocycles. The molecule has 0 saturated carbocycles. The van der Waals surface area contributed by atoms with Gasteiger partial charge in [-0.25, -0.2) is 4.98 Å². The zero-order chi connectivity index (χ0) is 16.3. The van der Waals surface area contributed by atoms with Crippen molar-refractivity contribution in [2.45, 2.75) is 6.61 Å². The van der Waals surface area contributed by atoms with Crippen LogP contribution in [0.2, 0.25) is 0 Å². The molecule has 1 aromatic carbocycles. The second kappa shape index (κ2) is 9.37. The lowest BCUT2D eigenvalue weighted by molar-refractivity contribution is -0.129. The highest BCUT2D eigenvalue weighted by molar-refractivity contribution is 5.38. The number of carbonyl (C=O) groups is 1. The molecule has 1 saturated heterocycles. The van der Waals surface area contributed by atoms with Crippen molar-refractivity contribution in [1.29, 1.82) is 0 Å². The van der Waals surface area contributed by atoms with E-state index in [2.05, 4.69) is 24.9 Å². The third-order valence-corrected chi connectivity index (χ3v) is 3.23. The first kappa shape index (κ1) is 16.7. The van der Waals surface area contributed by atoms with Crippen molar-refractivity contribution < 1.29 is 9.53 Å². The molecule has 0 atom stereocenters. The number of ether oxygens (including phenoxy) is 1. The Morgan fingerprint density at radius 1 is 1.22 bits per heavy atom. The van der Waals surface area contributed by atoms with Gasteiger partial charge >= 0.3 is 0 Å². The van der Waals surface area contributed by atoms with E-state index in [0.717, 1.165) is 37.7 Å². The van der Waals surface area contributed by atoms with Crippen molar-refractivity contribution in [3.05, 3.63) is 48.2 Å². The van der Waals surface area contributed by atoms with Crippen molar-refractivity contribution in [2.24, 2.45) is 0 Å². The van der Waals surface area contributed by atoms with Gasteiger partial charge in [-0.2, -0.15) is 4.98 Å². The summed E-state index contributed by atoms with van der Waals surface area (Å²) in [6.07, 6.45) is 1.69. The summed E-state index contributed by atoms with van der Waals surface area (Å²) in [6, 6.07) is 11.2. The van der Waals surface area contributed by atoms with E-state index in [-0.39, 0.29) is 0 Å². The first-order valence-corrected chi connectivity index (χ1v) is 7.43. The van der Waals surface area contributed by atoms with Crippen LogP contribution >= 0.6 is 0 Å². The SMILES string of the molecule is Nc1ccnc(N2CCNCC2)n1.O=COCc1ccccc1. The highest BCUT2D eigenvalue weighted by atomic mass is 16.5. The van der Waals surface area contributed by atoms with E-state index in [0.29, 0.717) is 18.9 Å². The number of rotatable bonds is 4. The van der Waals surface area contributed by atoms with Gasteiger partial charge in [-0.1, -0.05) is 30.3 Å². The molecular weight excluding hydrogens is 294 g/mol. The summed E-state index contributed by atoms with van der Waals surface area (Å²) >= 11 is 0. The van der Waals surface area contributed by atoms with Crippen LogP contribution in [0, 0.1) is 0 Å². The van der Waals surface area contributed by atoms with Crippen LogP contribution in [-0.4, -0.2) is 42.6 Å². The first-order valence-electron chi connectivity index (χ1n) is 7.43. The van der Waals surface area contributed by atoms with E-state index in [1.807, 2.05) is 30.3 Å². The van der Waals surface area contributed by atoms with Gasteiger partial charge in [0.25, 0.3) is 6.47 Å². The monoisotopic (exact) mass is 315 g/mol. The lowest BCUT2D eigenvalue weighted by Crippen LogP contribution is -2.44. The van der Waals surface area contributed by atoms with Crippen LogP contribution < -0.4 is 16.0 Å². The fourth-order valence-corrected chi connectivity index (χ4v) is 2.08. The largest absolute Gasteiger partial charge is 0.463 e. The van der Waals surface area contributed by atoms with Crippen molar-refractivity contribution in [3.8, 4) is 0 Å². The zero-order valence-corrected chi connectivity index (χ0v) is 12.9. The van der Waals surface area contributed by atoms with E-state index in [9.17, 15) is 4.79 Å². The molecule has 122 valence electrons. The number of benzene rings is 1. The third kappa shape index (κ3) is 5.91. The Morgan fingerprint density at radius 3 is 2.61 bits per heavy atom. The van der Waals surface area contributed by atoms with Crippen LogP contribution in [0.25, 0.3) is 0 Å². The number of nitrogens with zero attached hydrogens (tertiary/aromatic N) is 3. The Kier molecular flexibility index (Phi) is 6.80. The van der Waals surface area contributed by atoms with Gasteiger partial charge in [0.2, 0.25) is 5.95 Å². The third-order valence-electron chi connectivity index (χ3n) is 3.23. The minimum Gasteiger partial charge on any atom is -0.463 e. The van der Waals surface area contributed by atoms with Crippen LogP contribution in [-0.2, 0) is 16.1 Å². The molecule has 1 aliphatic heterocycles. The van der Waals surface area contributed by atoms with Gasteiger partial charge in [-0.05, 0) is 11.6 Å². The number of hydrogen-bond donors (Lipinski definition) is 2. The van der Waals surface area contributed by atoms with Crippen LogP contribution in [0.5, 0.6) is 0 Å². The Morgan fingerprint density at radius 2 is 1.96 bits per heavy atom. The predicted octanol–water partition coefficient (Wildman–Crippen LogP) is 0.828. The number of nitrogens with one attached hydrogen (secondary N) is 1. The van der Waals surface area contributed by atoms with Gasteiger partial charge in [-0.15, -0.1) is 0 Å². The molecule has 0 spiro atoms. The number of hydrogen-bond acceptors (Lipinski definition) is 7. The number of aromatic nitrogens is 2. The molecule has 1 aliphatic rings. The predicted molar refractivity (Wildman–Crippen MR) is 88.8 cm³/mol. The smallest absolute Gasteiger partial charge is 0.293 e. The van der Waals surface area contributed by atoms with Gasteiger partial charge in [-0.3, -0.25) is 4.79 Å². The molecule has 23 heavy (non-hydrogen) atoms.